The van der Waals surface area contributed by atoms with Crippen LogP contribution in [0, 0.1) is 0 Å². The van der Waals surface area contributed by atoms with Crippen LogP contribution in [0.15, 0.2) is 24.3 Å². The summed E-state index contributed by atoms with van der Waals surface area (Å²) in [5.41, 5.74) is 2.49. The van der Waals surface area contributed by atoms with Crippen molar-refractivity contribution in [3.05, 3.63) is 29.8 Å². The summed E-state index contributed by atoms with van der Waals surface area (Å²) in [5.74, 6) is 0.584. The van der Waals surface area contributed by atoms with Crippen LogP contribution in [-0.4, -0.2) is 38.1 Å². The van der Waals surface area contributed by atoms with E-state index in [1.807, 2.05) is 0 Å². The van der Waals surface area contributed by atoms with Gasteiger partial charge in [-0.1, -0.05) is 18.2 Å². The van der Waals surface area contributed by atoms with Gasteiger partial charge in [0.2, 0.25) is 0 Å². The Bertz CT molecular complexity index is 367. The van der Waals surface area contributed by atoms with Crippen LogP contribution < -0.4 is 4.90 Å². The highest BCUT2D eigenvalue weighted by Gasteiger charge is 2.22. The highest BCUT2D eigenvalue weighted by Crippen LogP contribution is 2.23. The van der Waals surface area contributed by atoms with Crippen LogP contribution in [0.5, 0.6) is 0 Å². The van der Waals surface area contributed by atoms with E-state index in [9.17, 15) is 0 Å². The summed E-state index contributed by atoms with van der Waals surface area (Å²) in [6.45, 7) is 2.32. The zero-order valence-electron chi connectivity index (χ0n) is 10.7. The Morgan fingerprint density at radius 3 is 2.82 bits per heavy atom. The Morgan fingerprint density at radius 2 is 2.18 bits per heavy atom. The molecule has 1 heterocycles. The molecule has 94 valence electrons. The second-order valence-corrected chi connectivity index (χ2v) is 5.19. The lowest BCUT2D eigenvalue weighted by molar-refractivity contribution is 0.314. The van der Waals surface area contributed by atoms with Gasteiger partial charge in [0.1, 0.15) is 0 Å². The van der Waals surface area contributed by atoms with Gasteiger partial charge in [0, 0.05) is 31.2 Å². The minimum atomic E-state index is 0.584. The van der Waals surface area contributed by atoms with Gasteiger partial charge in [0.05, 0.1) is 0 Å². The molecule has 1 atom stereocenters. The van der Waals surface area contributed by atoms with Gasteiger partial charge in [-0.05, 0) is 38.1 Å². The smallest absolute Gasteiger partial charge is 0.0494 e. The van der Waals surface area contributed by atoms with Gasteiger partial charge < -0.3 is 9.80 Å². The molecule has 1 aliphatic heterocycles. The molecule has 0 N–H and O–H groups in total. The maximum absolute atomic E-state index is 5.98. The van der Waals surface area contributed by atoms with E-state index < -0.39 is 0 Å². The fourth-order valence-electron chi connectivity index (χ4n) is 2.62. The summed E-state index contributed by atoms with van der Waals surface area (Å²) in [6.07, 6.45) is 2.63. The average molecular weight is 253 g/mol. The highest BCUT2D eigenvalue weighted by molar-refractivity contribution is 6.17. The van der Waals surface area contributed by atoms with E-state index in [2.05, 4.69) is 48.2 Å². The van der Waals surface area contributed by atoms with Crippen molar-refractivity contribution in [3.63, 3.8) is 0 Å². The SMILES string of the molecule is CN(CC1CCCN1C)c1ccccc1CCl. The monoisotopic (exact) mass is 252 g/mol. The fourth-order valence-corrected chi connectivity index (χ4v) is 2.85. The normalized spacial score (nSPS) is 20.8. The predicted octanol–water partition coefficient (Wildman–Crippen LogP) is 2.96. The molecule has 0 bridgehead atoms. The van der Waals surface area contributed by atoms with Crippen LogP contribution >= 0.6 is 11.6 Å². The van der Waals surface area contributed by atoms with Gasteiger partial charge >= 0.3 is 0 Å². The summed E-state index contributed by atoms with van der Waals surface area (Å²) in [6, 6.07) is 9.09. The zero-order valence-corrected chi connectivity index (χ0v) is 11.5. The summed E-state index contributed by atoms with van der Waals surface area (Å²) in [5, 5.41) is 0. The lowest BCUT2D eigenvalue weighted by Gasteiger charge is -2.28. The minimum Gasteiger partial charge on any atom is -0.373 e. The molecule has 0 radical (unpaired) electrons. The number of alkyl halides is 1. The molecule has 3 heteroatoms. The van der Waals surface area contributed by atoms with Crippen LogP contribution in [0.2, 0.25) is 0 Å². The van der Waals surface area contributed by atoms with Crippen molar-refractivity contribution in [1.29, 1.82) is 0 Å². The third-order valence-corrected chi connectivity index (χ3v) is 3.99. The number of anilines is 1. The molecule has 1 aromatic rings. The second kappa shape index (κ2) is 5.74. The van der Waals surface area contributed by atoms with Gasteiger partial charge in [-0.2, -0.15) is 0 Å². The second-order valence-electron chi connectivity index (χ2n) is 4.92. The molecule has 17 heavy (non-hydrogen) atoms. The maximum Gasteiger partial charge on any atom is 0.0494 e. The van der Waals surface area contributed by atoms with Crippen molar-refractivity contribution in [3.8, 4) is 0 Å². The number of para-hydroxylation sites is 1. The van der Waals surface area contributed by atoms with E-state index in [0.29, 0.717) is 11.9 Å². The first kappa shape index (κ1) is 12.7. The van der Waals surface area contributed by atoms with Crippen molar-refractivity contribution in [2.24, 2.45) is 0 Å². The molecule has 1 aromatic carbocycles. The maximum atomic E-state index is 5.98. The Labute approximate surface area is 109 Å². The largest absolute Gasteiger partial charge is 0.373 e. The zero-order chi connectivity index (χ0) is 12.3. The van der Waals surface area contributed by atoms with E-state index in [1.165, 1.54) is 30.6 Å². The topological polar surface area (TPSA) is 6.48 Å². The van der Waals surface area contributed by atoms with Crippen LogP contribution in [-0.2, 0) is 5.88 Å². The predicted molar refractivity (Wildman–Crippen MR) is 74.9 cm³/mol. The van der Waals surface area contributed by atoms with Crippen molar-refractivity contribution in [2.45, 2.75) is 24.8 Å². The number of benzene rings is 1. The van der Waals surface area contributed by atoms with Gasteiger partial charge in [-0.3, -0.25) is 0 Å². The van der Waals surface area contributed by atoms with E-state index in [4.69, 9.17) is 11.6 Å². The lowest BCUT2D eigenvalue weighted by atomic mass is 10.1. The molecule has 0 aliphatic carbocycles. The molecular weight excluding hydrogens is 232 g/mol. The summed E-state index contributed by atoms with van der Waals surface area (Å²) < 4.78 is 0. The van der Waals surface area contributed by atoms with Crippen molar-refractivity contribution >= 4 is 17.3 Å². The third kappa shape index (κ3) is 2.93. The molecule has 1 unspecified atom stereocenters. The fraction of sp³-hybridized carbons (Fsp3) is 0.571. The molecular formula is C14H21ClN2. The van der Waals surface area contributed by atoms with Gasteiger partial charge in [-0.15, -0.1) is 11.6 Å². The van der Waals surface area contributed by atoms with Crippen LogP contribution in [0.1, 0.15) is 18.4 Å². The summed E-state index contributed by atoms with van der Waals surface area (Å²) in [4.78, 5) is 4.80. The minimum absolute atomic E-state index is 0.584. The van der Waals surface area contributed by atoms with Crippen LogP contribution in [0.25, 0.3) is 0 Å². The van der Waals surface area contributed by atoms with Crippen molar-refractivity contribution in [2.75, 3.05) is 32.1 Å². The van der Waals surface area contributed by atoms with Crippen LogP contribution in [0.4, 0.5) is 5.69 Å². The van der Waals surface area contributed by atoms with E-state index in [0.717, 1.165) is 6.54 Å². The van der Waals surface area contributed by atoms with Gasteiger partial charge in [-0.25, -0.2) is 0 Å². The number of rotatable bonds is 4. The molecule has 0 aromatic heterocycles. The highest BCUT2D eigenvalue weighted by atomic mass is 35.5. The molecule has 0 amide bonds. The number of nitrogens with zero attached hydrogens (tertiary/aromatic N) is 2. The summed E-state index contributed by atoms with van der Waals surface area (Å²) in [7, 11) is 4.39. The first-order valence-electron chi connectivity index (χ1n) is 6.27. The molecule has 0 spiro atoms. The molecule has 0 saturated carbocycles. The van der Waals surface area contributed by atoms with E-state index in [-0.39, 0.29) is 0 Å². The molecule has 1 fully saturated rings. The summed E-state index contributed by atoms with van der Waals surface area (Å²) >= 11 is 5.98. The molecule has 1 aliphatic rings. The van der Waals surface area contributed by atoms with Crippen molar-refractivity contribution in [1.82, 2.24) is 4.90 Å². The molecule has 1 saturated heterocycles. The third-order valence-electron chi connectivity index (χ3n) is 3.70. The number of hydrogen-bond acceptors (Lipinski definition) is 2. The number of likely N-dealkylation sites (N-methyl/N-ethyl adjacent to an activating group) is 2. The van der Waals surface area contributed by atoms with Gasteiger partial charge in [0.15, 0.2) is 0 Å². The Kier molecular flexibility index (Phi) is 4.30. The number of hydrogen-bond donors (Lipinski definition) is 0. The van der Waals surface area contributed by atoms with Crippen LogP contribution in [0.3, 0.4) is 0 Å². The van der Waals surface area contributed by atoms with Gasteiger partial charge in [0.25, 0.3) is 0 Å². The Balaban J connectivity index is 2.06. The number of halogens is 1. The van der Waals surface area contributed by atoms with E-state index >= 15 is 0 Å². The Hall–Kier alpha value is -0.730. The standard InChI is InChI=1S/C14H21ClN2/c1-16-9-5-7-13(16)11-17(2)14-8-4-3-6-12(14)10-15/h3-4,6,8,13H,5,7,9-11H2,1-2H3. The average Bonchev–Trinajstić information content (AvgIpc) is 2.75. The first-order chi connectivity index (χ1) is 8.22. The van der Waals surface area contributed by atoms with E-state index in [1.54, 1.807) is 0 Å². The lowest BCUT2D eigenvalue weighted by Crippen LogP contribution is -2.36. The quantitative estimate of drug-likeness (QED) is 0.761. The number of likely N-dealkylation sites (tertiary alicyclic amines) is 1. The van der Waals surface area contributed by atoms with Crippen molar-refractivity contribution < 1.29 is 0 Å². The first-order valence-corrected chi connectivity index (χ1v) is 6.81. The molecule has 2 nitrogen and oxygen atoms in total. The molecule has 2 rings (SSSR count). The Morgan fingerprint density at radius 1 is 1.41 bits per heavy atom.